The first-order chi connectivity index (χ1) is 10.8. The van der Waals surface area contributed by atoms with Crippen molar-refractivity contribution in [1.29, 1.82) is 0 Å². The van der Waals surface area contributed by atoms with Crippen molar-refractivity contribution in [3.63, 3.8) is 0 Å². The number of nitrogens with zero attached hydrogens (tertiary/aromatic N) is 4. The molecule has 0 unspecified atom stereocenters. The van der Waals surface area contributed by atoms with Crippen molar-refractivity contribution >= 4 is 11.8 Å². The highest BCUT2D eigenvalue weighted by Crippen LogP contribution is 2.39. The molecule has 2 heterocycles. The van der Waals surface area contributed by atoms with Crippen LogP contribution in [0.15, 0.2) is 46.1 Å². The molecule has 3 aromatic rings. The van der Waals surface area contributed by atoms with Gasteiger partial charge in [0.25, 0.3) is 0 Å². The smallest absolute Gasteiger partial charge is 0.205 e. The van der Waals surface area contributed by atoms with E-state index in [9.17, 15) is 0 Å². The molecule has 5 nitrogen and oxygen atoms in total. The number of thioether (sulfide) groups is 1. The lowest BCUT2D eigenvalue weighted by molar-refractivity contribution is 0.529. The third-order valence-electron chi connectivity index (χ3n) is 3.68. The van der Waals surface area contributed by atoms with Gasteiger partial charge in [-0.1, -0.05) is 42.1 Å². The molecule has 0 spiro atoms. The molecule has 2 aromatic heterocycles. The Kier molecular flexibility index (Phi) is 3.46. The fourth-order valence-electron chi connectivity index (χ4n) is 2.44. The standard InChI is InChI=1S/C16H16N4OS/c1-11-18-19-16(20(11)13-7-8-13)22-10-15-17-9-14(21-15)12-5-3-2-4-6-12/h2-6,9,13H,7-8,10H2,1H3. The Morgan fingerprint density at radius 1 is 1.23 bits per heavy atom. The van der Waals surface area contributed by atoms with E-state index in [-0.39, 0.29) is 0 Å². The van der Waals surface area contributed by atoms with Crippen molar-refractivity contribution in [3.8, 4) is 11.3 Å². The Morgan fingerprint density at radius 2 is 2.05 bits per heavy atom. The van der Waals surface area contributed by atoms with E-state index < -0.39 is 0 Å². The van der Waals surface area contributed by atoms with Gasteiger partial charge in [0.1, 0.15) is 5.82 Å². The number of rotatable bonds is 5. The van der Waals surface area contributed by atoms with Crippen LogP contribution in [0.25, 0.3) is 11.3 Å². The van der Waals surface area contributed by atoms with Crippen LogP contribution in [-0.4, -0.2) is 19.7 Å². The number of aryl methyl sites for hydroxylation is 1. The average molecular weight is 312 g/mol. The van der Waals surface area contributed by atoms with E-state index in [1.54, 1.807) is 18.0 Å². The quantitative estimate of drug-likeness (QED) is 0.669. The SMILES string of the molecule is Cc1nnc(SCc2ncc(-c3ccccc3)o2)n1C1CC1. The first-order valence-corrected chi connectivity index (χ1v) is 8.34. The highest BCUT2D eigenvalue weighted by atomic mass is 32.2. The van der Waals surface area contributed by atoms with E-state index in [0.29, 0.717) is 17.7 Å². The van der Waals surface area contributed by atoms with E-state index in [1.807, 2.05) is 37.3 Å². The van der Waals surface area contributed by atoms with Gasteiger partial charge in [-0.05, 0) is 19.8 Å². The Balaban J connectivity index is 1.48. The second-order valence-corrected chi connectivity index (χ2v) is 6.35. The molecule has 1 fully saturated rings. The molecule has 0 aliphatic heterocycles. The van der Waals surface area contributed by atoms with Crippen molar-refractivity contribution in [2.24, 2.45) is 0 Å². The summed E-state index contributed by atoms with van der Waals surface area (Å²) in [5, 5.41) is 9.41. The maximum atomic E-state index is 5.82. The fourth-order valence-corrected chi connectivity index (χ4v) is 3.35. The summed E-state index contributed by atoms with van der Waals surface area (Å²) in [6.07, 6.45) is 4.23. The van der Waals surface area contributed by atoms with Crippen molar-refractivity contribution in [2.75, 3.05) is 0 Å². The molecule has 0 amide bonds. The summed E-state index contributed by atoms with van der Waals surface area (Å²) in [5.41, 5.74) is 1.04. The van der Waals surface area contributed by atoms with Gasteiger partial charge in [-0.3, -0.25) is 0 Å². The summed E-state index contributed by atoms with van der Waals surface area (Å²) in [6.45, 7) is 2.01. The zero-order valence-corrected chi connectivity index (χ0v) is 13.1. The van der Waals surface area contributed by atoms with Gasteiger partial charge >= 0.3 is 0 Å². The van der Waals surface area contributed by atoms with Crippen LogP contribution in [-0.2, 0) is 5.75 Å². The van der Waals surface area contributed by atoms with Gasteiger partial charge in [-0.2, -0.15) is 0 Å². The van der Waals surface area contributed by atoms with Crippen LogP contribution in [0.5, 0.6) is 0 Å². The summed E-state index contributed by atoms with van der Waals surface area (Å²) in [4.78, 5) is 4.36. The fraction of sp³-hybridized carbons (Fsp3) is 0.312. The number of oxazole rings is 1. The van der Waals surface area contributed by atoms with Crippen LogP contribution in [0.3, 0.4) is 0 Å². The van der Waals surface area contributed by atoms with Crippen molar-refractivity contribution in [2.45, 2.75) is 36.7 Å². The molecule has 6 heteroatoms. The molecule has 0 N–H and O–H groups in total. The molecule has 1 aliphatic carbocycles. The molecule has 4 rings (SSSR count). The van der Waals surface area contributed by atoms with Crippen molar-refractivity contribution in [3.05, 3.63) is 48.2 Å². The zero-order chi connectivity index (χ0) is 14.9. The normalized spacial score (nSPS) is 14.4. The Morgan fingerprint density at radius 3 is 2.82 bits per heavy atom. The van der Waals surface area contributed by atoms with Crippen molar-refractivity contribution < 1.29 is 4.42 Å². The number of hydrogen-bond donors (Lipinski definition) is 0. The average Bonchev–Trinajstić information content (AvgIpc) is 3.15. The van der Waals surface area contributed by atoms with Gasteiger partial charge in [0.05, 0.1) is 11.9 Å². The lowest BCUT2D eigenvalue weighted by Crippen LogP contribution is -1.99. The molecule has 0 bridgehead atoms. The molecule has 1 saturated carbocycles. The lowest BCUT2D eigenvalue weighted by Gasteiger charge is -2.04. The first kappa shape index (κ1) is 13.6. The van der Waals surface area contributed by atoms with Crippen LogP contribution in [0.1, 0.15) is 30.6 Å². The molecule has 112 valence electrons. The predicted octanol–water partition coefficient (Wildman–Crippen LogP) is 3.87. The Labute approximate surface area is 132 Å². The summed E-state index contributed by atoms with van der Waals surface area (Å²) in [6, 6.07) is 10.6. The maximum Gasteiger partial charge on any atom is 0.205 e. The van der Waals surface area contributed by atoms with Crippen LogP contribution >= 0.6 is 11.8 Å². The summed E-state index contributed by atoms with van der Waals surface area (Å²) >= 11 is 1.63. The number of hydrogen-bond acceptors (Lipinski definition) is 5. The Bertz CT molecular complexity index is 777. The summed E-state index contributed by atoms with van der Waals surface area (Å²) in [7, 11) is 0. The first-order valence-electron chi connectivity index (χ1n) is 7.35. The summed E-state index contributed by atoms with van der Waals surface area (Å²) in [5.74, 6) is 3.17. The van der Waals surface area contributed by atoms with Crippen LogP contribution < -0.4 is 0 Å². The zero-order valence-electron chi connectivity index (χ0n) is 12.3. The van der Waals surface area contributed by atoms with Gasteiger partial charge in [-0.15, -0.1) is 10.2 Å². The second-order valence-electron chi connectivity index (χ2n) is 5.40. The predicted molar refractivity (Wildman–Crippen MR) is 84.5 cm³/mol. The topological polar surface area (TPSA) is 56.7 Å². The third kappa shape index (κ3) is 2.66. The maximum absolute atomic E-state index is 5.82. The van der Waals surface area contributed by atoms with Gasteiger partial charge in [0.15, 0.2) is 10.9 Å². The van der Waals surface area contributed by atoms with Crippen molar-refractivity contribution in [1.82, 2.24) is 19.7 Å². The van der Waals surface area contributed by atoms with E-state index in [4.69, 9.17) is 4.42 Å². The lowest BCUT2D eigenvalue weighted by atomic mass is 10.2. The van der Waals surface area contributed by atoms with E-state index in [0.717, 1.165) is 22.3 Å². The Hall–Kier alpha value is -2.08. The number of aromatic nitrogens is 4. The minimum atomic E-state index is 0.585. The van der Waals surface area contributed by atoms with E-state index >= 15 is 0 Å². The monoisotopic (exact) mass is 312 g/mol. The highest BCUT2D eigenvalue weighted by Gasteiger charge is 2.28. The summed E-state index contributed by atoms with van der Waals surface area (Å²) < 4.78 is 8.05. The largest absolute Gasteiger partial charge is 0.440 e. The van der Waals surface area contributed by atoms with E-state index in [2.05, 4.69) is 19.7 Å². The third-order valence-corrected chi connectivity index (χ3v) is 4.61. The van der Waals surface area contributed by atoms with Gasteiger partial charge < -0.3 is 8.98 Å². The van der Waals surface area contributed by atoms with Gasteiger partial charge in [0.2, 0.25) is 5.89 Å². The minimum absolute atomic E-state index is 0.585. The number of benzene rings is 1. The molecular weight excluding hydrogens is 296 g/mol. The molecule has 1 aromatic carbocycles. The molecule has 0 saturated heterocycles. The van der Waals surface area contributed by atoms with Gasteiger partial charge in [-0.25, -0.2) is 4.98 Å². The minimum Gasteiger partial charge on any atom is -0.440 e. The highest BCUT2D eigenvalue weighted by molar-refractivity contribution is 7.98. The van der Waals surface area contributed by atoms with Crippen LogP contribution in [0.4, 0.5) is 0 Å². The second kappa shape index (κ2) is 5.61. The molecule has 1 aliphatic rings. The van der Waals surface area contributed by atoms with Crippen LogP contribution in [0, 0.1) is 6.92 Å². The molecule has 0 radical (unpaired) electrons. The van der Waals surface area contributed by atoms with E-state index in [1.165, 1.54) is 12.8 Å². The molecular formula is C16H16N4OS. The molecule has 0 atom stereocenters. The molecule has 22 heavy (non-hydrogen) atoms. The van der Waals surface area contributed by atoms with Gasteiger partial charge in [0, 0.05) is 11.6 Å². The van der Waals surface area contributed by atoms with Crippen LogP contribution in [0.2, 0.25) is 0 Å².